The number of furan rings is 1. The molecule has 7 aromatic rings. The van der Waals surface area contributed by atoms with Crippen LogP contribution in [0.3, 0.4) is 0 Å². The minimum atomic E-state index is -0.473. The lowest BCUT2D eigenvalue weighted by Gasteiger charge is -2.32. The highest BCUT2D eigenvalue weighted by molar-refractivity contribution is 6.66. The Kier molecular flexibility index (Phi) is 5.47. The lowest BCUT2D eigenvalue weighted by atomic mass is 9.75. The standard InChI is InChI=1S/C38H31BO3/c1-37(2)38(3,4)42-39(41-37)33-23-34-35(31-13-8-7-12-30(31)33)32-15-9-14-29(36(32)40-34)26-19-16-25(17-20-26)28-21-18-24-10-5-6-11-27(24)22-28/h5-23H,1-4H3. The summed E-state index contributed by atoms with van der Waals surface area (Å²) >= 11 is 0. The molecule has 1 aliphatic heterocycles. The fourth-order valence-corrected chi connectivity index (χ4v) is 6.29. The average Bonchev–Trinajstić information content (AvgIpc) is 3.49. The van der Waals surface area contributed by atoms with Gasteiger partial charge in [0.1, 0.15) is 11.2 Å². The summed E-state index contributed by atoms with van der Waals surface area (Å²) in [5.74, 6) is 0. The molecular formula is C38H31BO3. The number of rotatable bonds is 3. The molecular weight excluding hydrogens is 515 g/mol. The number of para-hydroxylation sites is 1. The van der Waals surface area contributed by atoms with Gasteiger partial charge in [-0.1, -0.05) is 103 Å². The molecule has 0 N–H and O–H groups in total. The Morgan fingerprint density at radius 1 is 0.524 bits per heavy atom. The Labute approximate surface area is 245 Å². The van der Waals surface area contributed by atoms with Crippen LogP contribution < -0.4 is 5.46 Å². The van der Waals surface area contributed by atoms with E-state index in [-0.39, 0.29) is 0 Å². The largest absolute Gasteiger partial charge is 0.495 e. The van der Waals surface area contributed by atoms with Crippen molar-refractivity contribution in [1.29, 1.82) is 0 Å². The lowest BCUT2D eigenvalue weighted by molar-refractivity contribution is 0.00578. The molecule has 1 fully saturated rings. The van der Waals surface area contributed by atoms with E-state index in [2.05, 4.69) is 143 Å². The van der Waals surface area contributed by atoms with E-state index in [1.165, 1.54) is 21.9 Å². The first-order valence-corrected chi connectivity index (χ1v) is 14.6. The van der Waals surface area contributed by atoms with Crippen LogP contribution in [-0.2, 0) is 9.31 Å². The summed E-state index contributed by atoms with van der Waals surface area (Å²) in [5.41, 5.74) is 6.49. The molecule has 42 heavy (non-hydrogen) atoms. The van der Waals surface area contributed by atoms with Crippen molar-refractivity contribution in [3.05, 3.63) is 115 Å². The maximum absolute atomic E-state index is 6.70. The zero-order chi connectivity index (χ0) is 28.6. The quantitative estimate of drug-likeness (QED) is 0.207. The second-order valence-corrected chi connectivity index (χ2v) is 12.4. The molecule has 6 aromatic carbocycles. The maximum Gasteiger partial charge on any atom is 0.495 e. The van der Waals surface area contributed by atoms with Crippen LogP contribution in [0.25, 0.3) is 65.7 Å². The van der Waals surface area contributed by atoms with Crippen molar-refractivity contribution < 1.29 is 13.7 Å². The lowest BCUT2D eigenvalue weighted by Crippen LogP contribution is -2.41. The molecule has 1 aliphatic rings. The van der Waals surface area contributed by atoms with Crippen molar-refractivity contribution in [3.63, 3.8) is 0 Å². The van der Waals surface area contributed by atoms with E-state index in [4.69, 9.17) is 13.7 Å². The van der Waals surface area contributed by atoms with Crippen LogP contribution in [0.2, 0.25) is 0 Å². The van der Waals surface area contributed by atoms with Crippen LogP contribution in [0.15, 0.2) is 120 Å². The Bertz CT molecular complexity index is 2140. The number of hydrogen-bond acceptors (Lipinski definition) is 3. The Hall–Kier alpha value is -4.38. The first-order valence-electron chi connectivity index (χ1n) is 14.6. The van der Waals surface area contributed by atoms with E-state index in [9.17, 15) is 0 Å². The normalized spacial score (nSPS) is 16.2. The van der Waals surface area contributed by atoms with E-state index in [1.807, 2.05) is 0 Å². The van der Waals surface area contributed by atoms with Gasteiger partial charge in [0.2, 0.25) is 0 Å². The Morgan fingerprint density at radius 3 is 1.90 bits per heavy atom. The van der Waals surface area contributed by atoms with Gasteiger partial charge in [-0.05, 0) is 83.5 Å². The molecule has 204 valence electrons. The molecule has 2 heterocycles. The van der Waals surface area contributed by atoms with E-state index >= 15 is 0 Å². The summed E-state index contributed by atoms with van der Waals surface area (Å²) in [5, 5.41) is 6.99. The number of fused-ring (bicyclic) bond motifs is 6. The van der Waals surface area contributed by atoms with Gasteiger partial charge >= 0.3 is 7.12 Å². The smallest absolute Gasteiger partial charge is 0.455 e. The van der Waals surface area contributed by atoms with Gasteiger partial charge in [0.25, 0.3) is 0 Å². The molecule has 0 unspecified atom stereocenters. The minimum absolute atomic E-state index is 0.423. The zero-order valence-corrected chi connectivity index (χ0v) is 24.3. The van der Waals surface area contributed by atoms with Gasteiger partial charge in [-0.2, -0.15) is 0 Å². The van der Waals surface area contributed by atoms with Crippen LogP contribution in [0.1, 0.15) is 27.7 Å². The summed E-state index contributed by atoms with van der Waals surface area (Å²) < 4.78 is 19.7. The molecule has 0 spiro atoms. The molecule has 0 atom stereocenters. The molecule has 0 radical (unpaired) electrons. The van der Waals surface area contributed by atoms with Crippen LogP contribution >= 0.6 is 0 Å². The van der Waals surface area contributed by atoms with Crippen molar-refractivity contribution in [1.82, 2.24) is 0 Å². The first-order chi connectivity index (χ1) is 20.3. The third kappa shape index (κ3) is 3.83. The van der Waals surface area contributed by atoms with E-state index in [1.54, 1.807) is 0 Å². The summed E-state index contributed by atoms with van der Waals surface area (Å²) in [7, 11) is -0.473. The summed E-state index contributed by atoms with van der Waals surface area (Å²) in [6, 6.07) is 41.0. The highest BCUT2D eigenvalue weighted by atomic mass is 16.7. The van der Waals surface area contributed by atoms with Gasteiger partial charge in [-0.15, -0.1) is 0 Å². The van der Waals surface area contributed by atoms with Crippen LogP contribution in [0.4, 0.5) is 0 Å². The predicted octanol–water partition coefficient (Wildman–Crippen LogP) is 9.53. The van der Waals surface area contributed by atoms with Gasteiger partial charge in [-0.3, -0.25) is 0 Å². The van der Waals surface area contributed by atoms with Crippen molar-refractivity contribution in [2.75, 3.05) is 0 Å². The highest BCUT2D eigenvalue weighted by Crippen LogP contribution is 2.41. The topological polar surface area (TPSA) is 31.6 Å². The van der Waals surface area contributed by atoms with Crippen LogP contribution in [-0.4, -0.2) is 18.3 Å². The second kappa shape index (κ2) is 9.06. The molecule has 3 nitrogen and oxygen atoms in total. The SMILES string of the molecule is CC1(C)OB(c2cc3oc4c(-c5ccc(-c6ccc7ccccc7c6)cc5)cccc4c3c3ccccc23)OC1(C)C. The van der Waals surface area contributed by atoms with Crippen molar-refractivity contribution in [2.45, 2.75) is 38.9 Å². The fraction of sp³-hybridized carbons (Fsp3) is 0.158. The van der Waals surface area contributed by atoms with Crippen molar-refractivity contribution >= 4 is 56.1 Å². The average molecular weight is 546 g/mol. The third-order valence-corrected chi connectivity index (χ3v) is 9.32. The monoisotopic (exact) mass is 546 g/mol. The first kappa shape index (κ1) is 25.3. The minimum Gasteiger partial charge on any atom is -0.455 e. The summed E-state index contributed by atoms with van der Waals surface area (Å²) in [6.45, 7) is 8.36. The van der Waals surface area contributed by atoms with Gasteiger partial charge in [0.05, 0.1) is 11.2 Å². The molecule has 1 saturated heterocycles. The van der Waals surface area contributed by atoms with Crippen molar-refractivity contribution in [2.24, 2.45) is 0 Å². The number of benzene rings is 6. The molecule has 0 saturated carbocycles. The fourth-order valence-electron chi connectivity index (χ4n) is 6.29. The van der Waals surface area contributed by atoms with Crippen LogP contribution in [0, 0.1) is 0 Å². The molecule has 1 aromatic heterocycles. The zero-order valence-electron chi connectivity index (χ0n) is 24.3. The van der Waals surface area contributed by atoms with Gasteiger partial charge in [0, 0.05) is 16.3 Å². The Morgan fingerprint density at radius 2 is 1.14 bits per heavy atom. The highest BCUT2D eigenvalue weighted by Gasteiger charge is 2.52. The third-order valence-electron chi connectivity index (χ3n) is 9.32. The summed E-state index contributed by atoms with van der Waals surface area (Å²) in [6.07, 6.45) is 0. The predicted molar refractivity (Wildman–Crippen MR) is 175 cm³/mol. The number of hydrogen-bond donors (Lipinski definition) is 0. The Balaban J connectivity index is 1.25. The molecule has 0 aliphatic carbocycles. The summed E-state index contributed by atoms with van der Waals surface area (Å²) in [4.78, 5) is 0. The van der Waals surface area contributed by atoms with Gasteiger partial charge in [-0.25, -0.2) is 0 Å². The molecule has 0 bridgehead atoms. The second-order valence-electron chi connectivity index (χ2n) is 12.4. The maximum atomic E-state index is 6.70. The molecule has 0 amide bonds. The molecule has 8 rings (SSSR count). The van der Waals surface area contributed by atoms with E-state index < -0.39 is 18.3 Å². The van der Waals surface area contributed by atoms with Crippen molar-refractivity contribution in [3.8, 4) is 22.3 Å². The van der Waals surface area contributed by atoms with E-state index in [0.717, 1.165) is 49.3 Å². The van der Waals surface area contributed by atoms with E-state index in [0.29, 0.717) is 0 Å². The molecule has 4 heteroatoms. The van der Waals surface area contributed by atoms with Gasteiger partial charge in [0.15, 0.2) is 0 Å². The van der Waals surface area contributed by atoms with Gasteiger partial charge < -0.3 is 13.7 Å². The van der Waals surface area contributed by atoms with Crippen LogP contribution in [0.5, 0.6) is 0 Å².